The van der Waals surface area contributed by atoms with Gasteiger partial charge in [0.05, 0.1) is 0 Å². The summed E-state index contributed by atoms with van der Waals surface area (Å²) in [6.45, 7) is 4.27. The van der Waals surface area contributed by atoms with Crippen LogP contribution in [0.1, 0.15) is 26.7 Å². The van der Waals surface area contributed by atoms with Crippen molar-refractivity contribution in [1.29, 1.82) is 0 Å². The molecule has 0 rings (SSSR count). The normalized spacial score (nSPS) is 24.1. The average molecular weight is 498 g/mol. The van der Waals surface area contributed by atoms with E-state index in [9.17, 15) is 37.8 Å². The van der Waals surface area contributed by atoms with Crippen LogP contribution in [-0.4, -0.2) is 42.7 Å². The van der Waals surface area contributed by atoms with Crippen LogP contribution in [0.4, 0.5) is 0 Å². The van der Waals surface area contributed by atoms with Gasteiger partial charge in [0.2, 0.25) is 40.4 Å². The lowest BCUT2D eigenvalue weighted by Crippen LogP contribution is -2.73. The van der Waals surface area contributed by atoms with Crippen LogP contribution in [0, 0.1) is 0 Å². The van der Waals surface area contributed by atoms with Crippen LogP contribution in [0.5, 0.6) is 0 Å². The van der Waals surface area contributed by atoms with Crippen LogP contribution < -0.4 is 42.5 Å². The standard InChI is InChI=1S/2C3H11NO6P2.C2H8N2/c2*1-2-3(4,11(5,6)7)12(8,9)10;3-1-2-4/h2*2,4H2,1H3,(H2,5,6,7)(H2,8,9,10);1-4H2. The predicted molar refractivity (Wildman–Crippen MR) is 86.6 cm³/mol. The smallest absolute Gasteiger partial charge is 0.219 e. The Morgan fingerprint density at radius 3 is 0.786 bits per heavy atom. The summed E-state index contributed by atoms with van der Waals surface area (Å²) >= 11 is 0. The molecule has 4 unspecified atom stereocenters. The SMILES string of the molecule is CCC([NH3+])(P(=O)([O-])O)P(=O)([O-])O.CCC([NH3+])(P(=O)([O-])O)P(=O)([O-])O.[NH3+]CC[NH3+]. The lowest BCUT2D eigenvalue weighted by atomic mass is 10.5. The first-order valence-corrected chi connectivity index (χ1v) is 13.8. The third-order valence-corrected chi connectivity index (χ3v) is 12.0. The van der Waals surface area contributed by atoms with Gasteiger partial charge in [0.15, 0.2) is 0 Å². The van der Waals surface area contributed by atoms with Crippen molar-refractivity contribution in [3.63, 3.8) is 0 Å². The van der Waals surface area contributed by atoms with Gasteiger partial charge in [0.1, 0.15) is 13.1 Å². The van der Waals surface area contributed by atoms with E-state index < -0.39 is 53.3 Å². The number of hydrogen-bond acceptors (Lipinski definition) is 8. The zero-order chi connectivity index (χ0) is 23.8. The van der Waals surface area contributed by atoms with Gasteiger partial charge in [0.25, 0.3) is 0 Å². The van der Waals surface area contributed by atoms with Crippen molar-refractivity contribution in [1.82, 2.24) is 0 Å². The highest BCUT2D eigenvalue weighted by Gasteiger charge is 2.48. The van der Waals surface area contributed by atoms with Crippen LogP contribution in [0.25, 0.3) is 0 Å². The zero-order valence-corrected chi connectivity index (χ0v) is 19.1. The largest absolute Gasteiger partial charge is 0.774 e. The van der Waals surface area contributed by atoms with E-state index in [0.29, 0.717) is 0 Å². The Kier molecular flexibility index (Phi) is 13.9. The molecule has 0 heterocycles. The molecule has 20 heteroatoms. The summed E-state index contributed by atoms with van der Waals surface area (Å²) in [4.78, 5) is 76.0. The van der Waals surface area contributed by atoms with Crippen molar-refractivity contribution < 1.29 is 80.3 Å². The molecular formula is C8H30N4O12P4. The number of rotatable bonds is 7. The van der Waals surface area contributed by atoms with E-state index in [0.717, 1.165) is 13.1 Å². The van der Waals surface area contributed by atoms with E-state index in [1.165, 1.54) is 13.8 Å². The third-order valence-electron chi connectivity index (χ3n) is 3.49. The first kappa shape index (κ1) is 33.1. The predicted octanol–water partition coefficient (Wildman–Crippen LogP) is -7.76. The lowest BCUT2D eigenvalue weighted by molar-refractivity contribution is -0.453. The summed E-state index contributed by atoms with van der Waals surface area (Å²) in [5, 5.41) is -5.44. The van der Waals surface area contributed by atoms with Gasteiger partial charge in [-0.2, -0.15) is 0 Å². The van der Waals surface area contributed by atoms with E-state index in [-0.39, 0.29) is 0 Å². The van der Waals surface area contributed by atoms with Gasteiger partial charge < -0.3 is 80.3 Å². The second-order valence-corrected chi connectivity index (χ2v) is 13.8. The maximum atomic E-state index is 10.5. The Morgan fingerprint density at radius 1 is 0.643 bits per heavy atom. The number of quaternary nitrogens is 4. The molecular weight excluding hydrogens is 468 g/mol. The molecule has 0 aromatic carbocycles. The molecule has 0 aliphatic heterocycles. The molecule has 174 valence electrons. The molecule has 0 amide bonds. The van der Waals surface area contributed by atoms with Crippen molar-refractivity contribution in [2.45, 2.75) is 36.7 Å². The zero-order valence-electron chi connectivity index (χ0n) is 15.5. The fourth-order valence-electron chi connectivity index (χ4n) is 1.12. The van der Waals surface area contributed by atoms with Crippen LogP contribution >= 0.6 is 30.4 Å². The van der Waals surface area contributed by atoms with E-state index >= 15 is 0 Å². The van der Waals surface area contributed by atoms with Gasteiger partial charge in [0, 0.05) is 12.8 Å². The molecule has 0 saturated carbocycles. The Labute approximate surface area is 161 Å². The molecule has 0 saturated heterocycles. The lowest BCUT2D eigenvalue weighted by Gasteiger charge is -2.39. The molecule has 28 heavy (non-hydrogen) atoms. The van der Waals surface area contributed by atoms with E-state index in [2.05, 4.69) is 22.9 Å². The average Bonchev–Trinajstić information content (AvgIpc) is 2.49. The minimum atomic E-state index is -5.20. The summed E-state index contributed by atoms with van der Waals surface area (Å²) in [5.74, 6) is 0. The summed E-state index contributed by atoms with van der Waals surface area (Å²) in [7, 11) is -20.8. The molecule has 16 N–H and O–H groups in total. The molecule has 16 nitrogen and oxygen atoms in total. The summed E-state index contributed by atoms with van der Waals surface area (Å²) in [6, 6.07) is 0. The molecule has 0 fully saturated rings. The summed E-state index contributed by atoms with van der Waals surface area (Å²) in [5.41, 5.74) is 12.6. The van der Waals surface area contributed by atoms with E-state index in [1.807, 2.05) is 0 Å². The van der Waals surface area contributed by atoms with Gasteiger partial charge in [-0.3, -0.25) is 0 Å². The highest BCUT2D eigenvalue weighted by atomic mass is 31.2. The van der Waals surface area contributed by atoms with Crippen LogP contribution in [0.15, 0.2) is 0 Å². The van der Waals surface area contributed by atoms with Crippen molar-refractivity contribution in [2.24, 2.45) is 0 Å². The molecule has 0 bridgehead atoms. The van der Waals surface area contributed by atoms with Crippen molar-refractivity contribution in [3.8, 4) is 0 Å². The Bertz CT molecular complexity index is 550. The van der Waals surface area contributed by atoms with Gasteiger partial charge in [-0.05, 0) is 0 Å². The first-order valence-electron chi connectivity index (χ1n) is 7.48. The Morgan fingerprint density at radius 2 is 0.786 bits per heavy atom. The second kappa shape index (κ2) is 11.7. The molecule has 0 aliphatic rings. The molecule has 0 spiro atoms. The maximum absolute atomic E-state index is 10.5. The van der Waals surface area contributed by atoms with Crippen LogP contribution in [0.2, 0.25) is 0 Å². The highest BCUT2D eigenvalue weighted by molar-refractivity contribution is 7.71. The first-order chi connectivity index (χ1) is 12.0. The van der Waals surface area contributed by atoms with Crippen LogP contribution in [-0.2, 0) is 18.3 Å². The monoisotopic (exact) mass is 498 g/mol. The molecule has 4 atom stereocenters. The van der Waals surface area contributed by atoms with E-state index in [4.69, 9.17) is 19.6 Å². The van der Waals surface area contributed by atoms with E-state index in [1.54, 1.807) is 0 Å². The Balaban J connectivity index is -0.000000375. The molecule has 0 radical (unpaired) electrons. The Hall–Kier alpha value is 0.440. The highest BCUT2D eigenvalue weighted by Crippen LogP contribution is 2.62. The van der Waals surface area contributed by atoms with Gasteiger partial charge >= 0.3 is 0 Å². The minimum Gasteiger partial charge on any atom is -0.774 e. The van der Waals surface area contributed by atoms with Gasteiger partial charge in [-0.1, -0.05) is 13.8 Å². The fraction of sp³-hybridized carbons (Fsp3) is 1.00. The van der Waals surface area contributed by atoms with Gasteiger partial charge in [-0.25, -0.2) is 0 Å². The number of hydrogen-bond donors (Lipinski definition) is 8. The second-order valence-electron chi connectivity index (χ2n) is 5.46. The minimum absolute atomic E-state index is 0.512. The van der Waals surface area contributed by atoms with Crippen molar-refractivity contribution in [2.75, 3.05) is 13.1 Å². The van der Waals surface area contributed by atoms with Crippen molar-refractivity contribution >= 4 is 30.4 Å². The molecule has 0 aliphatic carbocycles. The van der Waals surface area contributed by atoms with Crippen LogP contribution in [0.3, 0.4) is 0 Å². The molecule has 0 aromatic rings. The van der Waals surface area contributed by atoms with Gasteiger partial charge in [-0.15, -0.1) is 0 Å². The topological polar surface area (TPSA) is 352 Å². The third kappa shape index (κ3) is 9.07. The quantitative estimate of drug-likeness (QED) is 0.152. The maximum Gasteiger partial charge on any atom is 0.219 e. The summed E-state index contributed by atoms with van der Waals surface area (Å²) < 4.78 is 42.1. The van der Waals surface area contributed by atoms with Crippen molar-refractivity contribution in [3.05, 3.63) is 0 Å². The summed E-state index contributed by atoms with van der Waals surface area (Å²) in [6.07, 6.45) is -1.02. The molecule has 0 aromatic heterocycles. The fourth-order valence-corrected chi connectivity index (χ4v) is 5.27.